The lowest BCUT2D eigenvalue weighted by Gasteiger charge is -2.23. The fraction of sp³-hybridized carbons (Fsp3) is 0.414. The molecule has 2 N–H and O–H groups in total. The third-order valence-electron chi connectivity index (χ3n) is 5.91. The van der Waals surface area contributed by atoms with E-state index in [1.165, 1.54) is 4.90 Å². The van der Waals surface area contributed by atoms with Gasteiger partial charge in [0.25, 0.3) is 0 Å². The Morgan fingerprint density at radius 2 is 1.78 bits per heavy atom. The number of hydrogen-bond acceptors (Lipinski definition) is 4. The van der Waals surface area contributed by atoms with Gasteiger partial charge < -0.3 is 20.3 Å². The molecule has 8 nitrogen and oxygen atoms in total. The summed E-state index contributed by atoms with van der Waals surface area (Å²) in [5, 5.41) is 10.7. The molecule has 0 spiro atoms. The molecule has 0 fully saturated rings. The van der Waals surface area contributed by atoms with Gasteiger partial charge in [-0.25, -0.2) is 9.48 Å². The minimum atomic E-state index is -0.341. The second-order valence-corrected chi connectivity index (χ2v) is 10.7. The molecule has 0 saturated carbocycles. The predicted octanol–water partition coefficient (Wildman–Crippen LogP) is 6.01. The van der Waals surface area contributed by atoms with E-state index in [1.807, 2.05) is 43.3 Å². The second kappa shape index (κ2) is 12.0. The van der Waals surface area contributed by atoms with E-state index < -0.39 is 0 Å². The highest BCUT2D eigenvalue weighted by Gasteiger charge is 2.23. The number of nitrogens with one attached hydrogen (secondary N) is 2. The lowest BCUT2D eigenvalue weighted by atomic mass is 9.92. The number of aryl methyl sites for hydroxylation is 1. The molecule has 1 aromatic heterocycles. The van der Waals surface area contributed by atoms with Crippen LogP contribution in [0.25, 0.3) is 5.69 Å². The number of hydrogen-bond donors (Lipinski definition) is 2. The molecule has 3 aromatic rings. The van der Waals surface area contributed by atoms with Gasteiger partial charge in [0.2, 0.25) is 5.91 Å². The Labute approximate surface area is 220 Å². The highest BCUT2D eigenvalue weighted by atomic mass is 16.5. The normalized spacial score (nSPS) is 11.4. The molecular formula is C29H39N5O3. The van der Waals surface area contributed by atoms with Crippen LogP contribution in [0.4, 0.5) is 16.3 Å². The van der Waals surface area contributed by atoms with Crippen LogP contribution in [-0.2, 0) is 10.2 Å². The zero-order valence-electron chi connectivity index (χ0n) is 23.0. The maximum atomic E-state index is 13.2. The molecule has 2 aromatic carbocycles. The summed E-state index contributed by atoms with van der Waals surface area (Å²) < 4.78 is 7.00. The van der Waals surface area contributed by atoms with E-state index in [9.17, 15) is 9.59 Å². The van der Waals surface area contributed by atoms with Crippen molar-refractivity contribution in [2.75, 3.05) is 30.8 Å². The van der Waals surface area contributed by atoms with Crippen molar-refractivity contribution in [2.45, 2.75) is 53.4 Å². The van der Waals surface area contributed by atoms with Crippen LogP contribution in [0.15, 0.2) is 54.6 Å². The molecule has 0 aliphatic rings. The quantitative estimate of drug-likeness (QED) is 0.373. The molecule has 0 bridgehead atoms. The standard InChI is InChI=1S/C29H39N5O3/c1-20(2)14-15-33(28(36)30-22-11-9-13-24(17-22)37-7)19-27(35)31-26-18-25(29(4,5)6)32-34(26)23-12-8-10-21(3)16-23/h8-13,16-18,20H,14-15,19H2,1-7H3,(H,30,36)(H,31,35). The largest absolute Gasteiger partial charge is 0.497 e. The number of urea groups is 1. The third-order valence-corrected chi connectivity index (χ3v) is 5.91. The summed E-state index contributed by atoms with van der Waals surface area (Å²) in [6, 6.07) is 16.7. The van der Waals surface area contributed by atoms with Gasteiger partial charge in [0.1, 0.15) is 18.1 Å². The smallest absolute Gasteiger partial charge is 0.322 e. The lowest BCUT2D eigenvalue weighted by Crippen LogP contribution is -2.41. The predicted molar refractivity (Wildman–Crippen MR) is 149 cm³/mol. The maximum Gasteiger partial charge on any atom is 0.322 e. The number of nitrogens with zero attached hydrogens (tertiary/aromatic N) is 3. The molecule has 0 unspecified atom stereocenters. The molecular weight excluding hydrogens is 466 g/mol. The minimum absolute atomic E-state index is 0.0909. The van der Waals surface area contributed by atoms with Gasteiger partial charge in [-0.3, -0.25) is 4.79 Å². The van der Waals surface area contributed by atoms with Gasteiger partial charge in [-0.05, 0) is 49.1 Å². The topological polar surface area (TPSA) is 88.5 Å². The number of benzene rings is 2. The van der Waals surface area contributed by atoms with Crippen LogP contribution in [0.3, 0.4) is 0 Å². The van der Waals surface area contributed by atoms with Crippen molar-refractivity contribution in [1.82, 2.24) is 14.7 Å². The average molecular weight is 506 g/mol. The summed E-state index contributed by atoms with van der Waals surface area (Å²) in [6.45, 7) is 12.8. The Morgan fingerprint density at radius 1 is 1.05 bits per heavy atom. The van der Waals surface area contributed by atoms with Crippen molar-refractivity contribution in [1.29, 1.82) is 0 Å². The van der Waals surface area contributed by atoms with Gasteiger partial charge in [-0.1, -0.05) is 52.8 Å². The van der Waals surface area contributed by atoms with E-state index in [-0.39, 0.29) is 23.9 Å². The Bertz CT molecular complexity index is 1230. The van der Waals surface area contributed by atoms with Gasteiger partial charge in [0.05, 0.1) is 18.5 Å². The van der Waals surface area contributed by atoms with E-state index in [4.69, 9.17) is 9.84 Å². The van der Waals surface area contributed by atoms with Crippen molar-refractivity contribution in [3.63, 3.8) is 0 Å². The van der Waals surface area contributed by atoms with Crippen molar-refractivity contribution in [3.8, 4) is 11.4 Å². The summed E-state index contributed by atoms with van der Waals surface area (Å²) in [5.74, 6) is 1.30. The van der Waals surface area contributed by atoms with Crippen LogP contribution < -0.4 is 15.4 Å². The van der Waals surface area contributed by atoms with Crippen LogP contribution in [-0.4, -0.2) is 46.8 Å². The first-order valence-corrected chi connectivity index (χ1v) is 12.6. The first-order chi connectivity index (χ1) is 17.5. The Kier molecular flexibility index (Phi) is 8.97. The minimum Gasteiger partial charge on any atom is -0.497 e. The maximum absolute atomic E-state index is 13.2. The number of aromatic nitrogens is 2. The molecule has 0 saturated heterocycles. The molecule has 0 atom stereocenters. The fourth-order valence-corrected chi connectivity index (χ4v) is 3.72. The van der Waals surface area contributed by atoms with Crippen molar-refractivity contribution in [3.05, 3.63) is 65.9 Å². The summed E-state index contributed by atoms with van der Waals surface area (Å²) in [6.07, 6.45) is 0.772. The van der Waals surface area contributed by atoms with E-state index in [2.05, 4.69) is 45.3 Å². The SMILES string of the molecule is COc1cccc(NC(=O)N(CCC(C)C)CC(=O)Nc2cc(C(C)(C)C)nn2-c2cccc(C)c2)c1. The molecule has 0 aliphatic heterocycles. The van der Waals surface area contributed by atoms with E-state index >= 15 is 0 Å². The van der Waals surface area contributed by atoms with Crippen molar-refractivity contribution in [2.24, 2.45) is 5.92 Å². The van der Waals surface area contributed by atoms with E-state index in [0.29, 0.717) is 29.7 Å². The van der Waals surface area contributed by atoms with Gasteiger partial charge in [-0.2, -0.15) is 5.10 Å². The van der Waals surface area contributed by atoms with E-state index in [1.54, 1.807) is 30.0 Å². The summed E-state index contributed by atoms with van der Waals surface area (Å²) in [7, 11) is 1.58. The Balaban J connectivity index is 1.82. The number of rotatable bonds is 9. The number of methoxy groups -OCH3 is 1. The Hall–Kier alpha value is -3.81. The zero-order chi connectivity index (χ0) is 27.2. The number of carbonyl (C=O) groups is 2. The molecule has 3 amide bonds. The highest BCUT2D eigenvalue weighted by molar-refractivity contribution is 5.96. The number of anilines is 2. The van der Waals surface area contributed by atoms with Crippen LogP contribution >= 0.6 is 0 Å². The summed E-state index contributed by atoms with van der Waals surface area (Å²) in [5.41, 5.74) is 3.22. The van der Waals surface area contributed by atoms with Crippen LogP contribution in [0.5, 0.6) is 5.75 Å². The van der Waals surface area contributed by atoms with Gasteiger partial charge in [0, 0.05) is 29.8 Å². The lowest BCUT2D eigenvalue weighted by molar-refractivity contribution is -0.116. The van der Waals surface area contributed by atoms with Crippen LogP contribution in [0.1, 0.15) is 52.3 Å². The highest BCUT2D eigenvalue weighted by Crippen LogP contribution is 2.26. The second-order valence-electron chi connectivity index (χ2n) is 10.7. The molecule has 0 aliphatic carbocycles. The summed E-state index contributed by atoms with van der Waals surface area (Å²) >= 11 is 0. The monoisotopic (exact) mass is 505 g/mol. The fourth-order valence-electron chi connectivity index (χ4n) is 3.72. The van der Waals surface area contributed by atoms with E-state index in [0.717, 1.165) is 23.4 Å². The molecule has 3 rings (SSSR count). The molecule has 198 valence electrons. The first kappa shape index (κ1) is 27.8. The molecule has 8 heteroatoms. The summed E-state index contributed by atoms with van der Waals surface area (Å²) in [4.78, 5) is 27.9. The van der Waals surface area contributed by atoms with Crippen LogP contribution in [0, 0.1) is 12.8 Å². The third kappa shape index (κ3) is 7.84. The number of amides is 3. The molecule has 37 heavy (non-hydrogen) atoms. The number of ether oxygens (including phenoxy) is 1. The van der Waals surface area contributed by atoms with Crippen LogP contribution in [0.2, 0.25) is 0 Å². The molecule has 0 radical (unpaired) electrons. The van der Waals surface area contributed by atoms with Gasteiger partial charge in [0.15, 0.2) is 0 Å². The van der Waals surface area contributed by atoms with Gasteiger partial charge in [-0.15, -0.1) is 0 Å². The molecule has 1 heterocycles. The first-order valence-electron chi connectivity index (χ1n) is 12.6. The average Bonchev–Trinajstić information content (AvgIpc) is 3.26. The van der Waals surface area contributed by atoms with Gasteiger partial charge >= 0.3 is 6.03 Å². The number of carbonyl (C=O) groups excluding carboxylic acids is 2. The van der Waals surface area contributed by atoms with Crippen molar-refractivity contribution < 1.29 is 14.3 Å². The zero-order valence-corrected chi connectivity index (χ0v) is 23.0. The van der Waals surface area contributed by atoms with Crippen molar-refractivity contribution >= 4 is 23.4 Å². The Morgan fingerprint density at radius 3 is 2.43 bits per heavy atom.